The second-order valence-corrected chi connectivity index (χ2v) is 7.20. The van der Waals surface area contributed by atoms with Crippen LogP contribution in [0.2, 0.25) is 5.02 Å². The van der Waals surface area contributed by atoms with Gasteiger partial charge in [0.1, 0.15) is 0 Å². The molecule has 5 nitrogen and oxygen atoms in total. The van der Waals surface area contributed by atoms with Crippen LogP contribution >= 0.6 is 23.4 Å². The van der Waals surface area contributed by atoms with E-state index in [0.29, 0.717) is 29.2 Å². The maximum absolute atomic E-state index is 6.59. The van der Waals surface area contributed by atoms with Gasteiger partial charge in [0.15, 0.2) is 11.0 Å². The summed E-state index contributed by atoms with van der Waals surface area (Å²) in [6.45, 7) is 4.98. The fourth-order valence-corrected chi connectivity index (χ4v) is 4.01. The van der Waals surface area contributed by atoms with Crippen molar-refractivity contribution in [2.24, 2.45) is 0 Å². The Hall–Kier alpha value is -1.89. The zero-order valence-corrected chi connectivity index (χ0v) is 15.0. The lowest BCUT2D eigenvalue weighted by Crippen LogP contribution is -2.06. The van der Waals surface area contributed by atoms with E-state index in [1.807, 2.05) is 18.2 Å². The van der Waals surface area contributed by atoms with Crippen molar-refractivity contribution in [2.45, 2.75) is 24.8 Å². The van der Waals surface area contributed by atoms with E-state index in [0.717, 1.165) is 34.3 Å². The van der Waals surface area contributed by atoms with Gasteiger partial charge in [-0.2, -0.15) is 9.97 Å². The Labute approximate surface area is 155 Å². The Balaban J connectivity index is 1.95. The van der Waals surface area contributed by atoms with Crippen molar-refractivity contribution in [1.82, 2.24) is 15.0 Å². The second-order valence-electron chi connectivity index (χ2n) is 5.73. The van der Waals surface area contributed by atoms with Gasteiger partial charge in [0.25, 0.3) is 0 Å². The molecule has 0 unspecified atom stereocenters. The van der Waals surface area contributed by atoms with E-state index in [1.165, 1.54) is 17.1 Å². The van der Waals surface area contributed by atoms with Gasteiger partial charge in [-0.15, -0.1) is 0 Å². The number of anilines is 1. The van der Waals surface area contributed by atoms with Crippen LogP contribution in [0.15, 0.2) is 29.4 Å². The Morgan fingerprint density at radius 2 is 2.04 bits per heavy atom. The molecule has 0 saturated carbocycles. The van der Waals surface area contributed by atoms with Crippen LogP contribution in [-0.4, -0.2) is 20.7 Å². The minimum atomic E-state index is 0.191. The first kappa shape index (κ1) is 16.6. The summed E-state index contributed by atoms with van der Waals surface area (Å²) in [6.07, 6.45) is 0.785. The Bertz CT molecular complexity index is 963. The summed E-state index contributed by atoms with van der Waals surface area (Å²) < 4.78 is 5.64. The van der Waals surface area contributed by atoms with Crippen molar-refractivity contribution in [1.29, 1.82) is 0 Å². The number of ether oxygens (including phenoxy) is 1. The number of aromatic nitrogens is 3. The highest BCUT2D eigenvalue weighted by molar-refractivity contribution is 7.99. The smallest absolute Gasteiger partial charge is 0.224 e. The summed E-state index contributed by atoms with van der Waals surface area (Å²) in [5.41, 5.74) is 8.92. The minimum Gasteiger partial charge on any atom is -0.372 e. The number of nitrogen functional groups attached to an aromatic ring is 1. The molecule has 0 fully saturated rings. The van der Waals surface area contributed by atoms with E-state index >= 15 is 0 Å². The van der Waals surface area contributed by atoms with E-state index in [9.17, 15) is 0 Å². The third kappa shape index (κ3) is 3.05. The fraction of sp³-hybridized carbons (Fsp3) is 0.222. The number of hydrogen-bond donors (Lipinski definition) is 1. The van der Waals surface area contributed by atoms with E-state index in [-0.39, 0.29) is 5.95 Å². The lowest BCUT2D eigenvalue weighted by Gasteiger charge is -2.20. The molecule has 0 amide bonds. The van der Waals surface area contributed by atoms with Crippen LogP contribution < -0.4 is 5.73 Å². The Morgan fingerprint density at radius 1 is 1.20 bits per heavy atom. The molecule has 127 valence electrons. The number of hydrogen-bond acceptors (Lipinski definition) is 6. The zero-order chi connectivity index (χ0) is 17.4. The quantitative estimate of drug-likeness (QED) is 0.690. The van der Waals surface area contributed by atoms with Gasteiger partial charge in [-0.05, 0) is 34.4 Å². The van der Waals surface area contributed by atoms with Crippen LogP contribution in [0, 0.1) is 6.92 Å². The monoisotopic (exact) mass is 371 g/mol. The van der Waals surface area contributed by atoms with Crippen LogP contribution in [0.5, 0.6) is 0 Å². The predicted molar refractivity (Wildman–Crippen MR) is 101 cm³/mol. The number of nitrogens with two attached hydrogens (primary N) is 1. The fourth-order valence-electron chi connectivity index (χ4n) is 3.06. The predicted octanol–water partition coefficient (Wildman–Crippen LogP) is 4.27. The van der Waals surface area contributed by atoms with Crippen molar-refractivity contribution >= 4 is 40.1 Å². The van der Waals surface area contributed by atoms with Crippen LogP contribution in [-0.2, 0) is 18.0 Å². The Morgan fingerprint density at radius 3 is 2.88 bits per heavy atom. The average Bonchev–Trinajstić information content (AvgIpc) is 2.60. The second kappa shape index (κ2) is 6.78. The van der Waals surface area contributed by atoms with Crippen molar-refractivity contribution in [3.63, 3.8) is 0 Å². The molecule has 7 heteroatoms. The summed E-state index contributed by atoms with van der Waals surface area (Å²) in [5.74, 6) is 1.51. The topological polar surface area (TPSA) is 73.9 Å². The van der Waals surface area contributed by atoms with Gasteiger partial charge in [0.05, 0.1) is 18.2 Å². The van der Waals surface area contributed by atoms with Crippen molar-refractivity contribution in [3.05, 3.63) is 47.3 Å². The number of benzene rings is 2. The first-order valence-corrected chi connectivity index (χ1v) is 9.28. The third-order valence-electron chi connectivity index (χ3n) is 4.03. The van der Waals surface area contributed by atoms with E-state index in [1.54, 1.807) is 0 Å². The molecule has 1 aliphatic heterocycles. The molecule has 3 aromatic rings. The summed E-state index contributed by atoms with van der Waals surface area (Å²) >= 11 is 8.10. The molecule has 0 aliphatic carbocycles. The zero-order valence-electron chi connectivity index (χ0n) is 13.5. The molecule has 1 aliphatic rings. The summed E-state index contributed by atoms with van der Waals surface area (Å²) in [5, 5.41) is 3.36. The Kier molecular flexibility index (Phi) is 4.50. The van der Waals surface area contributed by atoms with Gasteiger partial charge >= 0.3 is 0 Å². The van der Waals surface area contributed by atoms with Crippen molar-refractivity contribution in [2.75, 3.05) is 11.5 Å². The molecule has 25 heavy (non-hydrogen) atoms. The highest BCUT2D eigenvalue weighted by Crippen LogP contribution is 2.39. The molecule has 0 saturated heterocycles. The minimum absolute atomic E-state index is 0.191. The lowest BCUT2D eigenvalue weighted by atomic mass is 9.94. The first-order valence-electron chi connectivity index (χ1n) is 7.92. The van der Waals surface area contributed by atoms with E-state index in [2.05, 4.69) is 27.9 Å². The van der Waals surface area contributed by atoms with Gasteiger partial charge in [-0.3, -0.25) is 0 Å². The molecule has 2 N–H and O–H groups in total. The van der Waals surface area contributed by atoms with E-state index < -0.39 is 0 Å². The van der Waals surface area contributed by atoms with Crippen LogP contribution in [0.25, 0.3) is 22.2 Å². The average molecular weight is 372 g/mol. The third-order valence-corrected chi connectivity index (χ3v) is 5.26. The molecule has 2 aromatic carbocycles. The van der Waals surface area contributed by atoms with Crippen molar-refractivity contribution in [3.8, 4) is 11.4 Å². The van der Waals surface area contributed by atoms with Gasteiger partial charge < -0.3 is 10.5 Å². The van der Waals surface area contributed by atoms with Crippen LogP contribution in [0.4, 0.5) is 5.95 Å². The molecule has 2 heterocycles. The lowest BCUT2D eigenvalue weighted by molar-refractivity contribution is 0.103. The SMILES string of the molecule is [CH2]CCSc1nc(N)nc(-c2c(Cl)cc3c4c(cccc24)COC3)n1. The number of halogens is 1. The highest BCUT2D eigenvalue weighted by atomic mass is 35.5. The van der Waals surface area contributed by atoms with Gasteiger partial charge in [-0.25, -0.2) is 4.98 Å². The van der Waals surface area contributed by atoms with Gasteiger partial charge in [-0.1, -0.05) is 48.5 Å². The summed E-state index contributed by atoms with van der Waals surface area (Å²) in [6, 6.07) is 8.04. The van der Waals surface area contributed by atoms with Crippen LogP contribution in [0.3, 0.4) is 0 Å². The maximum atomic E-state index is 6.59. The van der Waals surface area contributed by atoms with E-state index in [4.69, 9.17) is 22.1 Å². The number of nitrogens with zero attached hydrogens (tertiary/aromatic N) is 3. The molecular formula is C18H16ClN4OS. The molecular weight excluding hydrogens is 356 g/mol. The molecule has 0 atom stereocenters. The molecule has 4 rings (SSSR count). The summed E-state index contributed by atoms with van der Waals surface area (Å²) in [4.78, 5) is 13.1. The maximum Gasteiger partial charge on any atom is 0.224 e. The normalized spacial score (nSPS) is 13.4. The van der Waals surface area contributed by atoms with Crippen LogP contribution in [0.1, 0.15) is 17.5 Å². The number of thioether (sulfide) groups is 1. The highest BCUT2D eigenvalue weighted by Gasteiger charge is 2.20. The molecule has 0 spiro atoms. The van der Waals surface area contributed by atoms with Gasteiger partial charge in [0.2, 0.25) is 5.95 Å². The molecule has 1 aromatic heterocycles. The van der Waals surface area contributed by atoms with Gasteiger partial charge in [0, 0.05) is 11.3 Å². The molecule has 0 bridgehead atoms. The molecule has 1 radical (unpaired) electrons. The standard InChI is InChI=1S/C18H16ClN4OS/c1-2-6-25-18-22-16(21-17(20)23-18)15-12-5-3-4-10-8-24-9-11(14(10)12)7-13(15)19/h3-5,7H,1-2,6,8-9H2,(H2,20,21,22,23). The number of rotatable bonds is 4. The largest absolute Gasteiger partial charge is 0.372 e. The first-order chi connectivity index (χ1) is 12.2. The summed E-state index contributed by atoms with van der Waals surface area (Å²) in [7, 11) is 0. The van der Waals surface area contributed by atoms with Crippen molar-refractivity contribution < 1.29 is 4.74 Å².